The summed E-state index contributed by atoms with van der Waals surface area (Å²) >= 11 is 1.06. The predicted octanol–water partition coefficient (Wildman–Crippen LogP) is 2.26. The SMILES string of the molecule is COC(=O)c1c(S(=O)(=O)N2CCCC2)sc2c1CCN(C(=O)C#Cc1ccccc1)C2. The number of thiophene rings is 1. The summed E-state index contributed by atoms with van der Waals surface area (Å²) in [5, 5.41) is 0. The largest absolute Gasteiger partial charge is 0.465 e. The lowest BCUT2D eigenvalue weighted by Crippen LogP contribution is -2.35. The van der Waals surface area contributed by atoms with E-state index >= 15 is 0 Å². The van der Waals surface area contributed by atoms with E-state index in [0.717, 1.165) is 29.7 Å². The van der Waals surface area contributed by atoms with Crippen LogP contribution in [0.1, 0.15) is 39.2 Å². The number of hydrogen-bond donors (Lipinski definition) is 0. The second-order valence-electron chi connectivity index (χ2n) is 7.36. The average Bonchev–Trinajstić information content (AvgIpc) is 3.46. The van der Waals surface area contributed by atoms with E-state index < -0.39 is 16.0 Å². The summed E-state index contributed by atoms with van der Waals surface area (Å²) in [6, 6.07) is 9.23. The molecule has 0 unspecified atom stereocenters. The maximum atomic E-state index is 13.2. The van der Waals surface area contributed by atoms with Crippen LogP contribution in [0, 0.1) is 11.8 Å². The number of nitrogens with zero attached hydrogens (tertiary/aromatic N) is 2. The summed E-state index contributed by atoms with van der Waals surface area (Å²) < 4.78 is 32.7. The summed E-state index contributed by atoms with van der Waals surface area (Å²) in [4.78, 5) is 27.4. The van der Waals surface area contributed by atoms with E-state index in [1.165, 1.54) is 11.4 Å². The quantitative estimate of drug-likeness (QED) is 0.520. The molecule has 1 fully saturated rings. The van der Waals surface area contributed by atoms with Crippen LogP contribution in [-0.4, -0.2) is 56.2 Å². The third-order valence-electron chi connectivity index (χ3n) is 5.43. The molecule has 0 bridgehead atoms. The Morgan fingerprint density at radius 3 is 2.48 bits per heavy atom. The lowest BCUT2D eigenvalue weighted by Gasteiger charge is -2.25. The van der Waals surface area contributed by atoms with Gasteiger partial charge in [0.1, 0.15) is 4.21 Å². The zero-order valence-corrected chi connectivity index (χ0v) is 18.7. The van der Waals surface area contributed by atoms with Crippen molar-refractivity contribution in [1.82, 2.24) is 9.21 Å². The van der Waals surface area contributed by atoms with Crippen LogP contribution in [-0.2, 0) is 32.5 Å². The number of sulfonamides is 1. The molecule has 1 aromatic carbocycles. The number of ether oxygens (including phenoxy) is 1. The third-order valence-corrected chi connectivity index (χ3v) is 9.04. The second kappa shape index (κ2) is 8.83. The zero-order valence-electron chi connectivity index (χ0n) is 17.1. The summed E-state index contributed by atoms with van der Waals surface area (Å²) in [5.41, 5.74) is 1.53. The first-order valence-electron chi connectivity index (χ1n) is 10.0. The van der Waals surface area contributed by atoms with Gasteiger partial charge in [-0.1, -0.05) is 24.1 Å². The van der Waals surface area contributed by atoms with Crippen molar-refractivity contribution in [2.45, 2.75) is 30.0 Å². The zero-order chi connectivity index (χ0) is 22.0. The Morgan fingerprint density at radius 2 is 1.81 bits per heavy atom. The van der Waals surface area contributed by atoms with Crippen LogP contribution >= 0.6 is 11.3 Å². The highest BCUT2D eigenvalue weighted by Gasteiger charge is 2.38. The van der Waals surface area contributed by atoms with Crippen molar-refractivity contribution in [2.24, 2.45) is 0 Å². The van der Waals surface area contributed by atoms with Crippen molar-refractivity contribution in [2.75, 3.05) is 26.7 Å². The first-order chi connectivity index (χ1) is 14.9. The van der Waals surface area contributed by atoms with Crippen molar-refractivity contribution in [3.05, 3.63) is 51.9 Å². The Kier molecular flexibility index (Phi) is 6.14. The van der Waals surface area contributed by atoms with Gasteiger partial charge in [-0.2, -0.15) is 4.31 Å². The van der Waals surface area contributed by atoms with E-state index in [9.17, 15) is 18.0 Å². The van der Waals surface area contributed by atoms with Gasteiger partial charge in [-0.05, 0) is 37.0 Å². The maximum Gasteiger partial charge on any atom is 0.340 e. The number of methoxy groups -OCH3 is 1. The molecule has 9 heteroatoms. The minimum absolute atomic E-state index is 0.0240. The molecule has 1 aromatic heterocycles. The van der Waals surface area contributed by atoms with Crippen molar-refractivity contribution >= 4 is 33.2 Å². The highest BCUT2D eigenvalue weighted by atomic mass is 32.2. The standard InChI is InChI=1S/C22H22N2O5S2/c1-29-21(26)20-17-11-14-23(19(25)10-9-16-7-3-2-4-8-16)15-18(17)30-22(20)31(27,28)24-12-5-6-13-24/h2-4,7-8H,5-6,11-15H2,1H3. The molecule has 4 rings (SSSR count). The van der Waals surface area contributed by atoms with Crippen LogP contribution in [0.15, 0.2) is 34.5 Å². The van der Waals surface area contributed by atoms with E-state index in [0.29, 0.717) is 36.5 Å². The van der Waals surface area contributed by atoms with Gasteiger partial charge >= 0.3 is 5.97 Å². The van der Waals surface area contributed by atoms with E-state index in [4.69, 9.17) is 4.74 Å². The van der Waals surface area contributed by atoms with Crippen LogP contribution in [0.2, 0.25) is 0 Å². The van der Waals surface area contributed by atoms with Crippen LogP contribution in [0.25, 0.3) is 0 Å². The number of amides is 1. The molecule has 0 spiro atoms. The molecule has 31 heavy (non-hydrogen) atoms. The Balaban J connectivity index is 1.64. The van der Waals surface area contributed by atoms with Gasteiger partial charge in [-0.15, -0.1) is 11.3 Å². The van der Waals surface area contributed by atoms with E-state index in [1.807, 2.05) is 30.3 Å². The smallest absolute Gasteiger partial charge is 0.340 e. The molecular formula is C22H22N2O5S2. The maximum absolute atomic E-state index is 13.2. The number of esters is 1. The highest BCUT2D eigenvalue weighted by molar-refractivity contribution is 7.91. The van der Waals surface area contributed by atoms with Gasteiger partial charge < -0.3 is 9.64 Å². The molecule has 1 amide bonds. The van der Waals surface area contributed by atoms with Crippen molar-refractivity contribution in [1.29, 1.82) is 0 Å². The summed E-state index contributed by atoms with van der Waals surface area (Å²) in [7, 11) is -2.54. The molecule has 2 aliphatic rings. The number of rotatable bonds is 3. The van der Waals surface area contributed by atoms with Crippen LogP contribution in [0.5, 0.6) is 0 Å². The summed E-state index contributed by atoms with van der Waals surface area (Å²) in [5.74, 6) is 4.53. The minimum Gasteiger partial charge on any atom is -0.465 e. The molecule has 1 saturated heterocycles. The molecular weight excluding hydrogens is 436 g/mol. The minimum atomic E-state index is -3.78. The summed E-state index contributed by atoms with van der Waals surface area (Å²) in [6.45, 7) is 1.48. The molecule has 0 atom stereocenters. The van der Waals surface area contributed by atoms with Gasteiger partial charge in [0.15, 0.2) is 0 Å². The number of hydrogen-bond acceptors (Lipinski definition) is 6. The van der Waals surface area contributed by atoms with Gasteiger partial charge in [0.25, 0.3) is 15.9 Å². The average molecular weight is 459 g/mol. The number of carbonyl (C=O) groups excluding carboxylic acids is 2. The molecule has 162 valence electrons. The topological polar surface area (TPSA) is 84.0 Å². The van der Waals surface area contributed by atoms with Crippen LogP contribution in [0.3, 0.4) is 0 Å². The number of fused-ring (bicyclic) bond motifs is 1. The monoisotopic (exact) mass is 458 g/mol. The normalized spacial score (nSPS) is 16.4. The van der Waals surface area contributed by atoms with Gasteiger partial charge in [0.2, 0.25) is 0 Å². The molecule has 0 aliphatic carbocycles. The van der Waals surface area contributed by atoms with Crippen molar-refractivity contribution in [3.63, 3.8) is 0 Å². The molecule has 0 saturated carbocycles. The lowest BCUT2D eigenvalue weighted by atomic mass is 10.0. The van der Waals surface area contributed by atoms with E-state index in [1.54, 1.807) is 4.90 Å². The molecule has 0 N–H and O–H groups in total. The van der Waals surface area contributed by atoms with Gasteiger partial charge in [-0.25, -0.2) is 13.2 Å². The fourth-order valence-electron chi connectivity index (χ4n) is 3.81. The van der Waals surface area contributed by atoms with Crippen molar-refractivity contribution < 1.29 is 22.7 Å². The Morgan fingerprint density at radius 1 is 1.10 bits per heavy atom. The first kappa shape index (κ1) is 21.6. The fourth-order valence-corrected chi connectivity index (χ4v) is 7.37. The molecule has 0 radical (unpaired) electrons. The van der Waals surface area contributed by atoms with Gasteiger partial charge in [0, 0.05) is 36.0 Å². The Labute approximate surface area is 185 Å². The lowest BCUT2D eigenvalue weighted by molar-refractivity contribution is -0.125. The third kappa shape index (κ3) is 4.24. The molecule has 2 aromatic rings. The first-order valence-corrected chi connectivity index (χ1v) is 12.3. The number of carbonyl (C=O) groups is 2. The van der Waals surface area contributed by atoms with E-state index in [-0.39, 0.29) is 22.2 Å². The van der Waals surface area contributed by atoms with Crippen LogP contribution < -0.4 is 0 Å². The molecule has 7 nitrogen and oxygen atoms in total. The highest BCUT2D eigenvalue weighted by Crippen LogP contribution is 2.38. The van der Waals surface area contributed by atoms with Crippen LogP contribution in [0.4, 0.5) is 0 Å². The fraction of sp³-hybridized carbons (Fsp3) is 0.364. The Bertz CT molecular complexity index is 1170. The molecule has 2 aliphatic heterocycles. The Hall–Kier alpha value is -2.67. The second-order valence-corrected chi connectivity index (χ2v) is 10.6. The summed E-state index contributed by atoms with van der Waals surface area (Å²) in [6.07, 6.45) is 1.99. The van der Waals surface area contributed by atoms with Crippen molar-refractivity contribution in [3.8, 4) is 11.8 Å². The van der Waals surface area contributed by atoms with Gasteiger partial charge in [0.05, 0.1) is 19.2 Å². The number of benzene rings is 1. The van der Waals surface area contributed by atoms with E-state index in [2.05, 4.69) is 11.8 Å². The predicted molar refractivity (Wildman–Crippen MR) is 116 cm³/mol. The van der Waals surface area contributed by atoms with Gasteiger partial charge in [-0.3, -0.25) is 4.79 Å². The molecule has 3 heterocycles.